The molecule has 0 saturated heterocycles. The highest BCUT2D eigenvalue weighted by molar-refractivity contribution is 6.42. The molecule has 1 atom stereocenters. The zero-order valence-corrected chi connectivity index (χ0v) is 20.6. The SMILES string of the molecule is COc1ccc(CCN(C)CCCC(C#N)(c2ccc(Cl)c(Cl)c2)C(C)C)cc1OC. The first-order chi connectivity index (χ1) is 14.8. The predicted molar refractivity (Wildman–Crippen MR) is 129 cm³/mol. The smallest absolute Gasteiger partial charge is 0.160 e. The molecule has 0 bridgehead atoms. The first kappa shape index (κ1) is 25.3. The number of benzene rings is 2. The summed E-state index contributed by atoms with van der Waals surface area (Å²) in [6.07, 6.45) is 2.59. The highest BCUT2D eigenvalue weighted by Gasteiger charge is 2.36. The zero-order chi connectivity index (χ0) is 23.0. The maximum absolute atomic E-state index is 10.1. The standard InChI is InChI=1S/C25H32Cl2N2O2/c1-18(2)25(17-28,20-8-9-21(26)22(27)16-20)12-6-13-29(3)14-11-19-7-10-23(30-4)24(15-19)31-5/h7-10,15-16,18H,6,11-14H2,1-5H3. The second kappa shape index (κ2) is 11.6. The van der Waals surface area contributed by atoms with Crippen molar-refractivity contribution in [1.29, 1.82) is 5.26 Å². The highest BCUT2D eigenvalue weighted by atomic mass is 35.5. The number of likely N-dealkylation sites (N-methyl/N-ethyl adjacent to an activating group) is 1. The number of hydrogen-bond donors (Lipinski definition) is 0. The summed E-state index contributed by atoms with van der Waals surface area (Å²) in [5.74, 6) is 1.65. The second-order valence-corrected chi connectivity index (χ2v) is 9.03. The van der Waals surface area contributed by atoms with Crippen molar-refractivity contribution >= 4 is 23.2 Å². The topological polar surface area (TPSA) is 45.5 Å². The van der Waals surface area contributed by atoms with E-state index in [1.54, 1.807) is 20.3 Å². The summed E-state index contributed by atoms with van der Waals surface area (Å²) < 4.78 is 10.7. The van der Waals surface area contributed by atoms with Crippen LogP contribution in [-0.4, -0.2) is 39.3 Å². The minimum atomic E-state index is -0.585. The molecule has 0 heterocycles. The van der Waals surface area contributed by atoms with Gasteiger partial charge in [0.05, 0.1) is 35.7 Å². The summed E-state index contributed by atoms with van der Waals surface area (Å²) in [5, 5.41) is 11.1. The van der Waals surface area contributed by atoms with Crippen LogP contribution in [0.1, 0.15) is 37.8 Å². The Morgan fingerprint density at radius 2 is 1.71 bits per heavy atom. The summed E-state index contributed by atoms with van der Waals surface area (Å²) in [6, 6.07) is 14.2. The molecule has 168 valence electrons. The van der Waals surface area contributed by atoms with Crippen LogP contribution in [-0.2, 0) is 11.8 Å². The minimum Gasteiger partial charge on any atom is -0.493 e. The number of hydrogen-bond acceptors (Lipinski definition) is 4. The number of nitriles is 1. The molecular weight excluding hydrogens is 431 g/mol. The van der Waals surface area contributed by atoms with Gasteiger partial charge in [0, 0.05) is 6.54 Å². The summed E-state index contributed by atoms with van der Waals surface area (Å²) in [4.78, 5) is 2.30. The van der Waals surface area contributed by atoms with Gasteiger partial charge in [0.1, 0.15) is 0 Å². The van der Waals surface area contributed by atoms with Crippen molar-refractivity contribution in [1.82, 2.24) is 4.90 Å². The Balaban J connectivity index is 1.98. The Morgan fingerprint density at radius 1 is 1.00 bits per heavy atom. The predicted octanol–water partition coefficient (Wildman–Crippen LogP) is 6.38. The Kier molecular flexibility index (Phi) is 9.50. The van der Waals surface area contributed by atoms with Gasteiger partial charge in [-0.05, 0) is 74.2 Å². The molecule has 0 amide bonds. The van der Waals surface area contributed by atoms with Crippen molar-refractivity contribution in [2.45, 2.75) is 38.5 Å². The monoisotopic (exact) mass is 462 g/mol. The molecule has 0 aliphatic heterocycles. The molecule has 0 aromatic heterocycles. The lowest BCUT2D eigenvalue weighted by Gasteiger charge is -2.32. The summed E-state index contributed by atoms with van der Waals surface area (Å²) in [5.41, 5.74) is 1.56. The number of rotatable bonds is 11. The number of halogens is 2. The quantitative estimate of drug-likeness (QED) is 0.388. The third kappa shape index (κ3) is 6.29. The molecular formula is C25H32Cl2N2O2. The molecule has 2 aromatic rings. The van der Waals surface area contributed by atoms with E-state index in [-0.39, 0.29) is 5.92 Å². The Hall–Kier alpha value is -1.93. The van der Waals surface area contributed by atoms with Crippen LogP contribution in [0.3, 0.4) is 0 Å². The third-order valence-electron chi connectivity index (χ3n) is 5.96. The molecule has 31 heavy (non-hydrogen) atoms. The van der Waals surface area contributed by atoms with E-state index >= 15 is 0 Å². The molecule has 2 rings (SSSR count). The third-order valence-corrected chi connectivity index (χ3v) is 6.70. The van der Waals surface area contributed by atoms with E-state index in [0.29, 0.717) is 10.0 Å². The molecule has 6 heteroatoms. The van der Waals surface area contributed by atoms with Crippen LogP contribution in [0.4, 0.5) is 0 Å². The number of nitrogens with zero attached hydrogens (tertiary/aromatic N) is 2. The van der Waals surface area contributed by atoms with Crippen LogP contribution in [0.5, 0.6) is 11.5 Å². The van der Waals surface area contributed by atoms with Crippen molar-refractivity contribution in [3.8, 4) is 17.6 Å². The molecule has 2 aromatic carbocycles. The lowest BCUT2D eigenvalue weighted by Crippen LogP contribution is -2.32. The molecule has 0 saturated carbocycles. The van der Waals surface area contributed by atoms with Gasteiger partial charge in [-0.3, -0.25) is 0 Å². The summed E-state index contributed by atoms with van der Waals surface area (Å²) in [6.45, 7) is 6.01. The highest BCUT2D eigenvalue weighted by Crippen LogP contribution is 2.39. The fourth-order valence-electron chi connectivity index (χ4n) is 3.89. The van der Waals surface area contributed by atoms with Crippen molar-refractivity contribution in [3.05, 3.63) is 57.6 Å². The normalized spacial score (nSPS) is 13.2. The van der Waals surface area contributed by atoms with Gasteiger partial charge in [0.25, 0.3) is 0 Å². The molecule has 0 fully saturated rings. The molecule has 0 N–H and O–H groups in total. The fraction of sp³-hybridized carbons (Fsp3) is 0.480. The largest absolute Gasteiger partial charge is 0.493 e. The van der Waals surface area contributed by atoms with E-state index in [0.717, 1.165) is 49.4 Å². The van der Waals surface area contributed by atoms with Crippen LogP contribution in [0.25, 0.3) is 0 Å². The number of methoxy groups -OCH3 is 2. The molecule has 4 nitrogen and oxygen atoms in total. The van der Waals surface area contributed by atoms with Crippen molar-refractivity contribution in [2.75, 3.05) is 34.4 Å². The van der Waals surface area contributed by atoms with Crippen LogP contribution in [0.15, 0.2) is 36.4 Å². The Labute approximate surface area is 196 Å². The maximum atomic E-state index is 10.1. The lowest BCUT2D eigenvalue weighted by atomic mass is 9.70. The lowest BCUT2D eigenvalue weighted by molar-refractivity contribution is 0.293. The second-order valence-electron chi connectivity index (χ2n) is 8.21. The Bertz CT molecular complexity index is 911. The van der Waals surface area contributed by atoms with E-state index < -0.39 is 5.41 Å². The van der Waals surface area contributed by atoms with Gasteiger partial charge in [-0.2, -0.15) is 5.26 Å². The molecule has 0 radical (unpaired) electrons. The molecule has 0 aliphatic carbocycles. The molecule has 0 aliphatic rings. The van der Waals surface area contributed by atoms with Crippen LogP contribution >= 0.6 is 23.2 Å². The van der Waals surface area contributed by atoms with Gasteiger partial charge in [-0.1, -0.05) is 49.2 Å². The zero-order valence-electron chi connectivity index (χ0n) is 19.0. The van der Waals surface area contributed by atoms with Crippen molar-refractivity contribution < 1.29 is 9.47 Å². The average Bonchev–Trinajstić information content (AvgIpc) is 2.76. The van der Waals surface area contributed by atoms with E-state index in [1.807, 2.05) is 24.3 Å². The van der Waals surface area contributed by atoms with Gasteiger partial charge in [-0.15, -0.1) is 0 Å². The van der Waals surface area contributed by atoms with Gasteiger partial charge in [-0.25, -0.2) is 0 Å². The molecule has 0 spiro atoms. The molecule has 1 unspecified atom stereocenters. The van der Waals surface area contributed by atoms with E-state index in [4.69, 9.17) is 32.7 Å². The fourth-order valence-corrected chi connectivity index (χ4v) is 4.18. The first-order valence-corrected chi connectivity index (χ1v) is 11.3. The van der Waals surface area contributed by atoms with Gasteiger partial charge >= 0.3 is 0 Å². The first-order valence-electron chi connectivity index (χ1n) is 10.5. The van der Waals surface area contributed by atoms with E-state index in [2.05, 4.69) is 37.9 Å². The van der Waals surface area contributed by atoms with E-state index in [9.17, 15) is 5.26 Å². The summed E-state index contributed by atoms with van der Waals surface area (Å²) >= 11 is 12.3. The summed E-state index contributed by atoms with van der Waals surface area (Å²) in [7, 11) is 5.41. The van der Waals surface area contributed by atoms with Crippen LogP contribution in [0, 0.1) is 17.2 Å². The average molecular weight is 463 g/mol. The van der Waals surface area contributed by atoms with Gasteiger partial charge in [0.15, 0.2) is 11.5 Å². The van der Waals surface area contributed by atoms with E-state index in [1.165, 1.54) is 5.56 Å². The van der Waals surface area contributed by atoms with Crippen molar-refractivity contribution in [3.63, 3.8) is 0 Å². The van der Waals surface area contributed by atoms with Crippen LogP contribution < -0.4 is 9.47 Å². The minimum absolute atomic E-state index is 0.159. The number of ether oxygens (including phenoxy) is 2. The maximum Gasteiger partial charge on any atom is 0.160 e. The van der Waals surface area contributed by atoms with Gasteiger partial charge in [0.2, 0.25) is 0 Å². The van der Waals surface area contributed by atoms with Crippen molar-refractivity contribution in [2.24, 2.45) is 5.92 Å². The van der Waals surface area contributed by atoms with Crippen LogP contribution in [0.2, 0.25) is 10.0 Å². The van der Waals surface area contributed by atoms with Gasteiger partial charge < -0.3 is 14.4 Å². The Morgan fingerprint density at radius 3 is 2.29 bits per heavy atom.